The number of hydrogen-bond acceptors (Lipinski definition) is 2. The molecule has 2 N–H and O–H groups in total. The van der Waals surface area contributed by atoms with E-state index in [1.807, 2.05) is 0 Å². The van der Waals surface area contributed by atoms with E-state index in [0.29, 0.717) is 5.92 Å². The molecule has 0 radical (unpaired) electrons. The van der Waals surface area contributed by atoms with E-state index in [4.69, 9.17) is 0 Å². The van der Waals surface area contributed by atoms with Crippen molar-refractivity contribution in [1.82, 2.24) is 5.32 Å². The molecule has 1 aromatic carbocycles. The summed E-state index contributed by atoms with van der Waals surface area (Å²) in [6.45, 7) is 13.1. The molecule has 2 heteroatoms. The maximum Gasteiger partial charge on any atom is 0.0471 e. The molecular formula is C17H29NO. The topological polar surface area (TPSA) is 32.3 Å². The summed E-state index contributed by atoms with van der Waals surface area (Å²) in [4.78, 5) is 0. The SMILES string of the molecule is CCC(CO)CNCC(C)(C)c1cc(C)ccc1C. The lowest BCUT2D eigenvalue weighted by Crippen LogP contribution is -2.36. The van der Waals surface area contributed by atoms with Crippen molar-refractivity contribution in [3.05, 3.63) is 34.9 Å². The van der Waals surface area contributed by atoms with E-state index in [-0.39, 0.29) is 12.0 Å². The summed E-state index contributed by atoms with van der Waals surface area (Å²) in [5, 5.41) is 12.7. The standard InChI is InChI=1S/C17H29NO/c1-6-15(11-19)10-18-12-17(4,5)16-9-13(2)7-8-14(16)3/h7-9,15,18-19H,6,10-12H2,1-5H3. The number of hydrogen-bond donors (Lipinski definition) is 2. The van der Waals surface area contributed by atoms with Crippen LogP contribution in [0.1, 0.15) is 43.9 Å². The van der Waals surface area contributed by atoms with Crippen LogP contribution in [0, 0.1) is 19.8 Å². The Morgan fingerprint density at radius 1 is 1.26 bits per heavy atom. The zero-order valence-corrected chi connectivity index (χ0v) is 13.1. The van der Waals surface area contributed by atoms with Crippen LogP contribution in [0.5, 0.6) is 0 Å². The Bertz CT molecular complexity index is 394. The summed E-state index contributed by atoms with van der Waals surface area (Å²) in [7, 11) is 0. The predicted molar refractivity (Wildman–Crippen MR) is 82.7 cm³/mol. The van der Waals surface area contributed by atoms with Crippen LogP contribution in [0.2, 0.25) is 0 Å². The van der Waals surface area contributed by atoms with Crippen molar-refractivity contribution in [3.8, 4) is 0 Å². The van der Waals surface area contributed by atoms with Gasteiger partial charge < -0.3 is 10.4 Å². The maximum absolute atomic E-state index is 9.21. The summed E-state index contributed by atoms with van der Waals surface area (Å²) >= 11 is 0. The molecule has 0 fully saturated rings. The lowest BCUT2D eigenvalue weighted by Gasteiger charge is -2.29. The van der Waals surface area contributed by atoms with Crippen LogP contribution >= 0.6 is 0 Å². The van der Waals surface area contributed by atoms with E-state index in [2.05, 4.69) is 58.1 Å². The number of aliphatic hydroxyl groups is 1. The zero-order valence-electron chi connectivity index (χ0n) is 13.1. The van der Waals surface area contributed by atoms with Crippen molar-refractivity contribution < 1.29 is 5.11 Å². The summed E-state index contributed by atoms with van der Waals surface area (Å²) in [5.74, 6) is 0.370. The van der Waals surface area contributed by atoms with Crippen molar-refractivity contribution in [2.75, 3.05) is 19.7 Å². The summed E-state index contributed by atoms with van der Waals surface area (Å²) in [6.07, 6.45) is 1.02. The molecular weight excluding hydrogens is 234 g/mol. The first-order chi connectivity index (χ1) is 8.90. The van der Waals surface area contributed by atoms with Gasteiger partial charge in [-0.05, 0) is 37.3 Å². The van der Waals surface area contributed by atoms with Gasteiger partial charge in [0, 0.05) is 25.1 Å². The minimum Gasteiger partial charge on any atom is -0.396 e. The summed E-state index contributed by atoms with van der Waals surface area (Å²) in [5.41, 5.74) is 4.20. The van der Waals surface area contributed by atoms with Gasteiger partial charge in [0.25, 0.3) is 0 Å². The molecule has 0 saturated heterocycles. The second-order valence-corrected chi connectivity index (χ2v) is 6.29. The van der Waals surface area contributed by atoms with E-state index < -0.39 is 0 Å². The Balaban J connectivity index is 2.67. The molecule has 0 aliphatic carbocycles. The van der Waals surface area contributed by atoms with Gasteiger partial charge >= 0.3 is 0 Å². The van der Waals surface area contributed by atoms with Gasteiger partial charge in [-0.15, -0.1) is 0 Å². The van der Waals surface area contributed by atoms with Crippen molar-refractivity contribution in [2.45, 2.75) is 46.5 Å². The zero-order chi connectivity index (χ0) is 14.5. The van der Waals surface area contributed by atoms with Gasteiger partial charge in [-0.1, -0.05) is 44.5 Å². The van der Waals surface area contributed by atoms with Gasteiger partial charge in [-0.3, -0.25) is 0 Å². The minimum absolute atomic E-state index is 0.115. The smallest absolute Gasteiger partial charge is 0.0471 e. The predicted octanol–water partition coefficient (Wildman–Crippen LogP) is 3.19. The van der Waals surface area contributed by atoms with Gasteiger partial charge in [0.1, 0.15) is 0 Å². The first-order valence-corrected chi connectivity index (χ1v) is 7.30. The fraction of sp³-hybridized carbons (Fsp3) is 0.647. The average molecular weight is 263 g/mol. The molecule has 0 aromatic heterocycles. The fourth-order valence-electron chi connectivity index (χ4n) is 2.49. The van der Waals surface area contributed by atoms with Crippen molar-refractivity contribution in [3.63, 3.8) is 0 Å². The highest BCUT2D eigenvalue weighted by Crippen LogP contribution is 2.26. The van der Waals surface area contributed by atoms with E-state index in [1.165, 1.54) is 16.7 Å². The van der Waals surface area contributed by atoms with Crippen molar-refractivity contribution in [1.29, 1.82) is 0 Å². The Morgan fingerprint density at radius 2 is 1.95 bits per heavy atom. The molecule has 1 rings (SSSR count). The normalized spacial score (nSPS) is 13.6. The first kappa shape index (κ1) is 16.2. The third kappa shape index (κ3) is 4.63. The number of nitrogens with one attached hydrogen (secondary N) is 1. The average Bonchev–Trinajstić information content (AvgIpc) is 2.37. The fourth-order valence-corrected chi connectivity index (χ4v) is 2.49. The van der Waals surface area contributed by atoms with Crippen LogP contribution in [0.15, 0.2) is 18.2 Å². The minimum atomic E-state index is 0.115. The van der Waals surface area contributed by atoms with Crippen LogP contribution < -0.4 is 5.32 Å². The second-order valence-electron chi connectivity index (χ2n) is 6.29. The molecule has 0 heterocycles. The van der Waals surface area contributed by atoms with Crippen molar-refractivity contribution in [2.24, 2.45) is 5.92 Å². The van der Waals surface area contributed by atoms with E-state index in [1.54, 1.807) is 0 Å². The van der Waals surface area contributed by atoms with Crippen LogP contribution in [-0.2, 0) is 5.41 Å². The second kappa shape index (κ2) is 7.06. The number of aliphatic hydroxyl groups excluding tert-OH is 1. The summed E-state index contributed by atoms with van der Waals surface area (Å²) < 4.78 is 0. The molecule has 1 unspecified atom stereocenters. The lowest BCUT2D eigenvalue weighted by molar-refractivity contribution is 0.216. The molecule has 0 bridgehead atoms. The molecule has 1 aromatic rings. The van der Waals surface area contributed by atoms with Crippen LogP contribution in [0.4, 0.5) is 0 Å². The third-order valence-electron chi connectivity index (χ3n) is 3.96. The highest BCUT2D eigenvalue weighted by Gasteiger charge is 2.22. The molecule has 0 amide bonds. The van der Waals surface area contributed by atoms with Gasteiger partial charge in [0.05, 0.1) is 0 Å². The molecule has 0 saturated carbocycles. The Hall–Kier alpha value is -0.860. The molecule has 0 aliphatic rings. The summed E-state index contributed by atoms with van der Waals surface area (Å²) in [6, 6.07) is 6.66. The van der Waals surface area contributed by atoms with Gasteiger partial charge in [-0.2, -0.15) is 0 Å². The van der Waals surface area contributed by atoms with E-state index >= 15 is 0 Å². The Labute approximate surface area is 118 Å². The molecule has 19 heavy (non-hydrogen) atoms. The third-order valence-corrected chi connectivity index (χ3v) is 3.96. The van der Waals surface area contributed by atoms with E-state index in [9.17, 15) is 5.11 Å². The number of rotatable bonds is 7. The quantitative estimate of drug-likeness (QED) is 0.792. The number of aryl methyl sites for hydroxylation is 2. The molecule has 108 valence electrons. The van der Waals surface area contributed by atoms with Gasteiger partial charge in [0.15, 0.2) is 0 Å². The number of benzene rings is 1. The van der Waals surface area contributed by atoms with Crippen molar-refractivity contribution >= 4 is 0 Å². The first-order valence-electron chi connectivity index (χ1n) is 7.30. The Kier molecular flexibility index (Phi) is 6.02. The van der Waals surface area contributed by atoms with Gasteiger partial charge in [-0.25, -0.2) is 0 Å². The van der Waals surface area contributed by atoms with E-state index in [0.717, 1.165) is 19.5 Å². The van der Waals surface area contributed by atoms with Gasteiger partial charge in [0.2, 0.25) is 0 Å². The highest BCUT2D eigenvalue weighted by atomic mass is 16.3. The Morgan fingerprint density at radius 3 is 2.53 bits per heavy atom. The lowest BCUT2D eigenvalue weighted by atomic mass is 9.81. The monoisotopic (exact) mass is 263 g/mol. The largest absolute Gasteiger partial charge is 0.396 e. The molecule has 2 nitrogen and oxygen atoms in total. The molecule has 0 aliphatic heterocycles. The van der Waals surface area contributed by atoms with Crippen LogP contribution in [-0.4, -0.2) is 24.8 Å². The van der Waals surface area contributed by atoms with Crippen LogP contribution in [0.3, 0.4) is 0 Å². The maximum atomic E-state index is 9.21. The van der Waals surface area contributed by atoms with Crippen LogP contribution in [0.25, 0.3) is 0 Å². The highest BCUT2D eigenvalue weighted by molar-refractivity contribution is 5.36. The molecule has 0 spiro atoms. The molecule has 1 atom stereocenters.